The number of fused-ring (bicyclic) bond motifs is 1. The third kappa shape index (κ3) is 4.31. The van der Waals surface area contributed by atoms with Gasteiger partial charge >= 0.3 is 0 Å². The molecule has 1 atom stereocenters. The molecular formula is C19H19N3O2S. The van der Waals surface area contributed by atoms with E-state index in [1.54, 1.807) is 13.0 Å². The topological polar surface area (TPSA) is 71.1 Å². The first-order valence-corrected chi connectivity index (χ1v) is 9.05. The Balaban J connectivity index is 1.86. The molecule has 0 aliphatic heterocycles. The van der Waals surface area contributed by atoms with Crippen molar-refractivity contribution in [2.24, 2.45) is 0 Å². The van der Waals surface area contributed by atoms with E-state index in [0.29, 0.717) is 10.6 Å². The summed E-state index contributed by atoms with van der Waals surface area (Å²) < 4.78 is 0. The Hall–Kier alpha value is -2.52. The first-order chi connectivity index (χ1) is 12.1. The van der Waals surface area contributed by atoms with Crippen LogP contribution in [-0.4, -0.2) is 34.6 Å². The maximum atomic E-state index is 12.6. The van der Waals surface area contributed by atoms with Crippen molar-refractivity contribution in [1.82, 2.24) is 15.6 Å². The van der Waals surface area contributed by atoms with E-state index in [1.807, 2.05) is 24.3 Å². The molecule has 0 bridgehead atoms. The zero-order valence-electron chi connectivity index (χ0n) is 13.9. The minimum atomic E-state index is -0.360. The van der Waals surface area contributed by atoms with Gasteiger partial charge in [0, 0.05) is 11.4 Å². The van der Waals surface area contributed by atoms with Gasteiger partial charge in [-0.05, 0) is 31.9 Å². The highest BCUT2D eigenvalue weighted by atomic mass is 32.2. The number of pyridine rings is 1. The van der Waals surface area contributed by atoms with Crippen molar-refractivity contribution < 1.29 is 9.59 Å². The molecule has 2 amide bonds. The average molecular weight is 353 g/mol. The van der Waals surface area contributed by atoms with E-state index in [4.69, 9.17) is 6.42 Å². The maximum Gasteiger partial charge on any atom is 0.252 e. The van der Waals surface area contributed by atoms with Gasteiger partial charge in [-0.1, -0.05) is 35.9 Å². The molecule has 1 unspecified atom stereocenters. The normalized spacial score (nSPS) is 14.6. The Kier molecular flexibility index (Phi) is 5.25. The molecule has 3 rings (SSSR count). The van der Waals surface area contributed by atoms with Crippen LogP contribution < -0.4 is 10.6 Å². The molecule has 1 aliphatic carbocycles. The molecule has 1 aliphatic rings. The van der Waals surface area contributed by atoms with E-state index >= 15 is 0 Å². The van der Waals surface area contributed by atoms with Gasteiger partial charge in [0.15, 0.2) is 0 Å². The molecule has 128 valence electrons. The van der Waals surface area contributed by atoms with Crippen LogP contribution >= 0.6 is 11.8 Å². The summed E-state index contributed by atoms with van der Waals surface area (Å²) in [6.45, 7) is 1.99. The second kappa shape index (κ2) is 7.58. The Morgan fingerprint density at radius 2 is 2.16 bits per heavy atom. The SMILES string of the molecule is C#CCNC(=O)C(C)Sc1cc(C(=O)NC2CC2)c2ccccc2n1. The van der Waals surface area contributed by atoms with Gasteiger partial charge in [-0.3, -0.25) is 9.59 Å². The summed E-state index contributed by atoms with van der Waals surface area (Å²) in [5, 5.41) is 6.77. The van der Waals surface area contributed by atoms with Crippen LogP contribution in [0.4, 0.5) is 0 Å². The number of amides is 2. The first kappa shape index (κ1) is 17.3. The van der Waals surface area contributed by atoms with Gasteiger partial charge < -0.3 is 10.6 Å². The van der Waals surface area contributed by atoms with E-state index in [2.05, 4.69) is 21.5 Å². The number of carbonyl (C=O) groups is 2. The van der Waals surface area contributed by atoms with E-state index in [0.717, 1.165) is 23.7 Å². The lowest BCUT2D eigenvalue weighted by atomic mass is 10.1. The van der Waals surface area contributed by atoms with Crippen molar-refractivity contribution >= 4 is 34.5 Å². The number of nitrogens with zero attached hydrogens (tertiary/aromatic N) is 1. The van der Waals surface area contributed by atoms with Gasteiger partial charge in [0.1, 0.15) is 0 Å². The Labute approximate surface area is 151 Å². The molecular weight excluding hydrogens is 334 g/mol. The summed E-state index contributed by atoms with van der Waals surface area (Å²) in [7, 11) is 0. The van der Waals surface area contributed by atoms with Gasteiger partial charge in [-0.15, -0.1) is 6.42 Å². The molecule has 5 nitrogen and oxygen atoms in total. The van der Waals surface area contributed by atoms with Crippen LogP contribution in [0.2, 0.25) is 0 Å². The lowest BCUT2D eigenvalue weighted by Crippen LogP contribution is -2.31. The number of thioether (sulfide) groups is 1. The molecule has 2 N–H and O–H groups in total. The van der Waals surface area contributed by atoms with Crippen LogP contribution in [0.25, 0.3) is 10.9 Å². The first-order valence-electron chi connectivity index (χ1n) is 8.17. The molecule has 1 aromatic heterocycles. The van der Waals surface area contributed by atoms with Gasteiger partial charge in [0.25, 0.3) is 5.91 Å². The second-order valence-corrected chi connectivity index (χ2v) is 7.32. The van der Waals surface area contributed by atoms with Crippen LogP contribution in [0.3, 0.4) is 0 Å². The smallest absolute Gasteiger partial charge is 0.252 e. The number of para-hydroxylation sites is 1. The number of aromatic nitrogens is 1. The summed E-state index contributed by atoms with van der Waals surface area (Å²) in [5.41, 5.74) is 1.33. The van der Waals surface area contributed by atoms with Crippen molar-refractivity contribution in [3.8, 4) is 12.3 Å². The fourth-order valence-corrected chi connectivity index (χ4v) is 3.30. The lowest BCUT2D eigenvalue weighted by Gasteiger charge is -2.13. The standard InChI is InChI=1S/C19H19N3O2S/c1-3-10-20-18(23)12(2)25-17-11-15(19(24)21-13-8-9-13)14-6-4-5-7-16(14)22-17/h1,4-7,11-13H,8-10H2,2H3,(H,20,23)(H,21,24). The molecule has 6 heteroatoms. The summed E-state index contributed by atoms with van der Waals surface area (Å²) in [6, 6.07) is 9.58. The Morgan fingerprint density at radius 1 is 1.40 bits per heavy atom. The van der Waals surface area contributed by atoms with Gasteiger partial charge in [-0.2, -0.15) is 0 Å². The Morgan fingerprint density at radius 3 is 2.88 bits per heavy atom. The monoisotopic (exact) mass is 353 g/mol. The summed E-state index contributed by atoms with van der Waals surface area (Å²) in [6.07, 6.45) is 7.22. The average Bonchev–Trinajstić information content (AvgIpc) is 3.42. The quantitative estimate of drug-likeness (QED) is 0.618. The third-order valence-electron chi connectivity index (χ3n) is 3.88. The van der Waals surface area contributed by atoms with Gasteiger partial charge in [0.2, 0.25) is 5.91 Å². The van der Waals surface area contributed by atoms with E-state index in [-0.39, 0.29) is 29.7 Å². The largest absolute Gasteiger partial charge is 0.349 e. The molecule has 2 aromatic rings. The number of rotatable bonds is 6. The van der Waals surface area contributed by atoms with Crippen LogP contribution in [0.1, 0.15) is 30.1 Å². The fraction of sp³-hybridized carbons (Fsp3) is 0.316. The van der Waals surface area contributed by atoms with Gasteiger partial charge in [-0.25, -0.2) is 4.98 Å². The van der Waals surface area contributed by atoms with E-state index in [9.17, 15) is 9.59 Å². The molecule has 0 saturated heterocycles. The summed E-state index contributed by atoms with van der Waals surface area (Å²) >= 11 is 1.31. The van der Waals surface area contributed by atoms with Crippen LogP contribution in [0.15, 0.2) is 35.4 Å². The number of hydrogen-bond donors (Lipinski definition) is 2. The van der Waals surface area contributed by atoms with E-state index < -0.39 is 0 Å². The van der Waals surface area contributed by atoms with Crippen molar-refractivity contribution in [3.05, 3.63) is 35.9 Å². The zero-order chi connectivity index (χ0) is 17.8. The highest BCUT2D eigenvalue weighted by Crippen LogP contribution is 2.28. The number of nitrogens with one attached hydrogen (secondary N) is 2. The molecule has 1 aromatic carbocycles. The Bertz CT molecular complexity index is 855. The summed E-state index contributed by atoms with van der Waals surface area (Å²) in [5.74, 6) is 2.14. The number of benzene rings is 1. The van der Waals surface area contributed by atoms with Crippen LogP contribution in [-0.2, 0) is 4.79 Å². The van der Waals surface area contributed by atoms with Crippen LogP contribution in [0.5, 0.6) is 0 Å². The predicted octanol–water partition coefficient (Wildman–Crippen LogP) is 2.36. The fourth-order valence-electron chi connectivity index (χ4n) is 2.41. The molecule has 0 spiro atoms. The van der Waals surface area contributed by atoms with Crippen LogP contribution in [0, 0.1) is 12.3 Å². The van der Waals surface area contributed by atoms with E-state index in [1.165, 1.54) is 11.8 Å². The van der Waals surface area contributed by atoms with Crippen molar-refractivity contribution in [3.63, 3.8) is 0 Å². The minimum Gasteiger partial charge on any atom is -0.349 e. The van der Waals surface area contributed by atoms with Crippen molar-refractivity contribution in [2.45, 2.75) is 36.1 Å². The van der Waals surface area contributed by atoms with Crippen molar-refractivity contribution in [2.75, 3.05) is 6.54 Å². The third-order valence-corrected chi connectivity index (χ3v) is 4.90. The lowest BCUT2D eigenvalue weighted by molar-refractivity contribution is -0.120. The molecule has 0 radical (unpaired) electrons. The second-order valence-electron chi connectivity index (χ2n) is 5.95. The highest BCUT2D eigenvalue weighted by Gasteiger charge is 2.25. The van der Waals surface area contributed by atoms with Crippen molar-refractivity contribution in [1.29, 1.82) is 0 Å². The molecule has 1 fully saturated rings. The number of carbonyl (C=O) groups excluding carboxylic acids is 2. The highest BCUT2D eigenvalue weighted by molar-refractivity contribution is 8.00. The predicted molar refractivity (Wildman–Crippen MR) is 99.4 cm³/mol. The molecule has 25 heavy (non-hydrogen) atoms. The molecule has 1 heterocycles. The van der Waals surface area contributed by atoms with Gasteiger partial charge in [0.05, 0.1) is 27.9 Å². The summed E-state index contributed by atoms with van der Waals surface area (Å²) in [4.78, 5) is 29.2. The molecule has 1 saturated carbocycles. The number of terminal acetylenes is 1. The minimum absolute atomic E-state index is 0.0904. The zero-order valence-corrected chi connectivity index (χ0v) is 14.7. The maximum absolute atomic E-state index is 12.6. The number of hydrogen-bond acceptors (Lipinski definition) is 4.